The number of amides is 2. The molecular formula is C16H24N2O2. The van der Waals surface area contributed by atoms with Gasteiger partial charge in [0, 0.05) is 18.5 Å². The zero-order chi connectivity index (χ0) is 14.1. The van der Waals surface area contributed by atoms with Crippen LogP contribution in [0, 0.1) is 17.3 Å². The van der Waals surface area contributed by atoms with E-state index in [4.69, 9.17) is 0 Å². The lowest BCUT2D eigenvalue weighted by Gasteiger charge is -2.32. The first-order valence-corrected chi connectivity index (χ1v) is 8.07. The Labute approximate surface area is 120 Å². The first kappa shape index (κ1) is 12.7. The van der Waals surface area contributed by atoms with Crippen LogP contribution in [0.4, 0.5) is 0 Å². The molecule has 0 radical (unpaired) electrons. The molecule has 1 aliphatic heterocycles. The number of carbonyl (C=O) groups is 2. The zero-order valence-corrected chi connectivity index (χ0v) is 12.4. The minimum Gasteiger partial charge on any atom is -0.351 e. The van der Waals surface area contributed by atoms with Gasteiger partial charge in [-0.15, -0.1) is 0 Å². The highest BCUT2D eigenvalue weighted by Gasteiger charge is 2.70. The van der Waals surface area contributed by atoms with Gasteiger partial charge in [-0.25, -0.2) is 0 Å². The number of nitrogens with zero attached hydrogens (tertiary/aromatic N) is 1. The maximum absolute atomic E-state index is 12.7. The number of carbonyl (C=O) groups excluding carboxylic acids is 2. The summed E-state index contributed by atoms with van der Waals surface area (Å²) in [6.45, 7) is 5.09. The van der Waals surface area contributed by atoms with Crippen molar-refractivity contribution in [3.8, 4) is 0 Å². The largest absolute Gasteiger partial charge is 0.351 e. The Morgan fingerprint density at radius 3 is 2.35 bits per heavy atom. The number of hydrogen-bond acceptors (Lipinski definition) is 2. The molecular weight excluding hydrogens is 252 g/mol. The van der Waals surface area contributed by atoms with Crippen molar-refractivity contribution in [3.63, 3.8) is 0 Å². The zero-order valence-electron chi connectivity index (χ0n) is 12.4. The number of likely N-dealkylation sites (tertiary alicyclic amines) is 1. The van der Waals surface area contributed by atoms with Gasteiger partial charge in [0.1, 0.15) is 5.54 Å². The summed E-state index contributed by atoms with van der Waals surface area (Å²) in [5.41, 5.74) is -0.305. The number of rotatable bonds is 3. The molecule has 0 aromatic rings. The molecule has 4 heteroatoms. The Morgan fingerprint density at radius 1 is 1.15 bits per heavy atom. The van der Waals surface area contributed by atoms with Crippen LogP contribution in [0.15, 0.2) is 0 Å². The molecule has 1 N–H and O–H groups in total. The van der Waals surface area contributed by atoms with Gasteiger partial charge in [-0.05, 0) is 49.9 Å². The van der Waals surface area contributed by atoms with Crippen molar-refractivity contribution in [2.75, 3.05) is 6.54 Å². The van der Waals surface area contributed by atoms with E-state index in [1.807, 2.05) is 4.90 Å². The molecule has 3 unspecified atom stereocenters. The molecule has 4 aliphatic rings. The Kier molecular flexibility index (Phi) is 2.39. The highest BCUT2D eigenvalue weighted by atomic mass is 16.2. The molecule has 110 valence electrons. The van der Waals surface area contributed by atoms with Gasteiger partial charge in [0.2, 0.25) is 11.8 Å². The van der Waals surface area contributed by atoms with Crippen molar-refractivity contribution in [3.05, 3.63) is 0 Å². The van der Waals surface area contributed by atoms with E-state index in [2.05, 4.69) is 19.2 Å². The first-order valence-electron chi connectivity index (χ1n) is 8.07. The lowest BCUT2D eigenvalue weighted by Crippen LogP contribution is -2.54. The molecule has 0 aromatic carbocycles. The van der Waals surface area contributed by atoms with Gasteiger partial charge in [0.05, 0.1) is 0 Å². The van der Waals surface area contributed by atoms with E-state index in [1.54, 1.807) is 0 Å². The standard InChI is InChI=1S/C16H24N2O2/c1-15(2)9-12(15)13(19)18-7-6-10-8-16(10,18)14(20)17-11-4-3-5-11/h10-12H,3-9H2,1-2H3,(H,17,20). The van der Waals surface area contributed by atoms with Crippen LogP contribution in [-0.2, 0) is 9.59 Å². The maximum atomic E-state index is 12.7. The maximum Gasteiger partial charge on any atom is 0.246 e. The van der Waals surface area contributed by atoms with E-state index in [9.17, 15) is 9.59 Å². The van der Waals surface area contributed by atoms with Gasteiger partial charge >= 0.3 is 0 Å². The van der Waals surface area contributed by atoms with Crippen LogP contribution in [0.25, 0.3) is 0 Å². The third-order valence-corrected chi connectivity index (χ3v) is 6.17. The average Bonchev–Trinajstić information content (AvgIpc) is 3.19. The lowest BCUT2D eigenvalue weighted by atomic mass is 9.92. The van der Waals surface area contributed by atoms with Crippen molar-refractivity contribution in [1.29, 1.82) is 0 Å². The third-order valence-electron chi connectivity index (χ3n) is 6.17. The summed E-state index contributed by atoms with van der Waals surface area (Å²) in [5.74, 6) is 0.943. The molecule has 3 atom stereocenters. The minimum atomic E-state index is -0.453. The molecule has 4 nitrogen and oxygen atoms in total. The summed E-state index contributed by atoms with van der Waals surface area (Å²) in [6.07, 6.45) is 6.32. The molecule has 20 heavy (non-hydrogen) atoms. The predicted octanol–water partition coefficient (Wildman–Crippen LogP) is 1.69. The molecule has 3 saturated carbocycles. The van der Waals surface area contributed by atoms with E-state index in [0.29, 0.717) is 12.0 Å². The smallest absolute Gasteiger partial charge is 0.246 e. The van der Waals surface area contributed by atoms with Crippen LogP contribution in [-0.4, -0.2) is 34.8 Å². The van der Waals surface area contributed by atoms with Gasteiger partial charge < -0.3 is 10.2 Å². The molecule has 0 bridgehead atoms. The fourth-order valence-electron chi connectivity index (χ4n) is 4.12. The van der Waals surface area contributed by atoms with Crippen LogP contribution in [0.3, 0.4) is 0 Å². The summed E-state index contributed by atoms with van der Waals surface area (Å²) >= 11 is 0. The highest BCUT2D eigenvalue weighted by molar-refractivity contribution is 5.97. The van der Waals surface area contributed by atoms with Crippen LogP contribution >= 0.6 is 0 Å². The van der Waals surface area contributed by atoms with Gasteiger partial charge in [-0.1, -0.05) is 13.8 Å². The summed E-state index contributed by atoms with van der Waals surface area (Å²) in [6, 6.07) is 0.369. The second-order valence-corrected chi connectivity index (χ2v) is 7.95. The Hall–Kier alpha value is -1.06. The normalized spacial score (nSPS) is 40.8. The highest BCUT2D eigenvalue weighted by Crippen LogP contribution is 2.60. The lowest BCUT2D eigenvalue weighted by molar-refractivity contribution is -0.142. The molecule has 4 rings (SSSR count). The Balaban J connectivity index is 1.49. The quantitative estimate of drug-likeness (QED) is 0.853. The van der Waals surface area contributed by atoms with E-state index >= 15 is 0 Å². The second-order valence-electron chi connectivity index (χ2n) is 7.95. The van der Waals surface area contributed by atoms with Crippen molar-refractivity contribution >= 4 is 11.8 Å². The first-order chi connectivity index (χ1) is 9.45. The predicted molar refractivity (Wildman–Crippen MR) is 74.8 cm³/mol. The fraction of sp³-hybridized carbons (Fsp3) is 0.875. The number of nitrogens with one attached hydrogen (secondary N) is 1. The van der Waals surface area contributed by atoms with Gasteiger partial charge in [-0.2, -0.15) is 0 Å². The molecule has 1 heterocycles. The van der Waals surface area contributed by atoms with Crippen molar-refractivity contribution in [1.82, 2.24) is 10.2 Å². The topological polar surface area (TPSA) is 49.4 Å². The van der Waals surface area contributed by atoms with Gasteiger partial charge in [-0.3, -0.25) is 9.59 Å². The molecule has 2 amide bonds. The van der Waals surface area contributed by atoms with Crippen molar-refractivity contribution in [2.24, 2.45) is 17.3 Å². The van der Waals surface area contributed by atoms with Gasteiger partial charge in [0.15, 0.2) is 0 Å². The molecule has 0 spiro atoms. The summed E-state index contributed by atoms with van der Waals surface area (Å²) in [7, 11) is 0. The molecule has 3 aliphatic carbocycles. The minimum absolute atomic E-state index is 0.136. The summed E-state index contributed by atoms with van der Waals surface area (Å²) < 4.78 is 0. The number of hydrogen-bond donors (Lipinski definition) is 1. The monoisotopic (exact) mass is 276 g/mol. The Morgan fingerprint density at radius 2 is 1.85 bits per heavy atom. The fourth-order valence-corrected chi connectivity index (χ4v) is 4.12. The second kappa shape index (κ2) is 3.77. The van der Waals surface area contributed by atoms with Crippen LogP contribution in [0.2, 0.25) is 0 Å². The number of piperidine rings is 1. The van der Waals surface area contributed by atoms with E-state index in [-0.39, 0.29) is 23.1 Å². The van der Waals surface area contributed by atoms with E-state index in [1.165, 1.54) is 6.42 Å². The van der Waals surface area contributed by atoms with Crippen LogP contribution in [0.5, 0.6) is 0 Å². The SMILES string of the molecule is CC1(C)CC1C(=O)N1CCC2CC21C(=O)NC1CCC1. The third kappa shape index (κ3) is 1.60. The summed E-state index contributed by atoms with van der Waals surface area (Å²) in [5, 5.41) is 3.17. The number of fused-ring (bicyclic) bond motifs is 1. The van der Waals surface area contributed by atoms with Crippen LogP contribution < -0.4 is 5.32 Å². The molecule has 4 fully saturated rings. The summed E-state index contributed by atoms with van der Waals surface area (Å²) in [4.78, 5) is 27.2. The Bertz CT molecular complexity index is 483. The van der Waals surface area contributed by atoms with Crippen molar-refractivity contribution < 1.29 is 9.59 Å². The molecule has 1 saturated heterocycles. The van der Waals surface area contributed by atoms with Crippen LogP contribution in [0.1, 0.15) is 52.4 Å². The molecule has 0 aromatic heterocycles. The van der Waals surface area contributed by atoms with Crippen molar-refractivity contribution in [2.45, 2.75) is 64.0 Å². The van der Waals surface area contributed by atoms with Gasteiger partial charge in [0.25, 0.3) is 0 Å². The van der Waals surface area contributed by atoms with E-state index < -0.39 is 5.54 Å². The van der Waals surface area contributed by atoms with E-state index in [0.717, 1.165) is 38.6 Å². The average molecular weight is 276 g/mol.